The van der Waals surface area contributed by atoms with Gasteiger partial charge in [0, 0.05) is 30.7 Å². The van der Waals surface area contributed by atoms with Crippen molar-refractivity contribution >= 4 is 33.7 Å². The first-order chi connectivity index (χ1) is 10.1. The number of anilines is 1. The molecular formula is C14H18BrN3O3. The normalized spacial score (nSPS) is 14.8. The number of benzene rings is 1. The summed E-state index contributed by atoms with van der Waals surface area (Å²) >= 11 is 3.39. The highest BCUT2D eigenvalue weighted by Gasteiger charge is 2.24. The van der Waals surface area contributed by atoms with E-state index in [9.17, 15) is 9.59 Å². The minimum absolute atomic E-state index is 0.162. The number of amides is 3. The van der Waals surface area contributed by atoms with E-state index in [1.165, 1.54) is 0 Å². The minimum atomic E-state index is -0.316. The zero-order valence-electron chi connectivity index (χ0n) is 11.8. The van der Waals surface area contributed by atoms with E-state index in [1.807, 2.05) is 24.3 Å². The average Bonchev–Trinajstić information content (AvgIpc) is 2.50. The lowest BCUT2D eigenvalue weighted by Gasteiger charge is -2.34. The maximum absolute atomic E-state index is 12.2. The standard InChI is InChI=1S/C14H18BrN3O3/c1-2-21-14(20)18-9-7-17(8-10-18)13(19)16-12-6-4-3-5-11(12)15/h3-6H,2,7-10H2,1H3,(H,16,19). The Bertz CT molecular complexity index is 516. The van der Waals surface area contributed by atoms with Crippen LogP contribution in [0.2, 0.25) is 0 Å². The number of nitrogens with one attached hydrogen (secondary N) is 1. The zero-order valence-corrected chi connectivity index (χ0v) is 13.4. The Morgan fingerprint density at radius 1 is 1.19 bits per heavy atom. The first-order valence-corrected chi connectivity index (χ1v) is 7.63. The van der Waals surface area contributed by atoms with Gasteiger partial charge in [0.1, 0.15) is 0 Å². The third-order valence-electron chi connectivity index (χ3n) is 3.21. The van der Waals surface area contributed by atoms with E-state index in [4.69, 9.17) is 4.74 Å². The number of carbonyl (C=O) groups is 2. The second kappa shape index (κ2) is 7.31. The van der Waals surface area contributed by atoms with Crippen LogP contribution >= 0.6 is 15.9 Å². The molecule has 0 saturated carbocycles. The highest BCUT2D eigenvalue weighted by Crippen LogP contribution is 2.21. The SMILES string of the molecule is CCOC(=O)N1CCN(C(=O)Nc2ccccc2Br)CC1. The molecule has 0 unspecified atom stereocenters. The van der Waals surface area contributed by atoms with Crippen LogP contribution in [-0.2, 0) is 4.74 Å². The van der Waals surface area contributed by atoms with E-state index in [1.54, 1.807) is 16.7 Å². The van der Waals surface area contributed by atoms with Crippen molar-refractivity contribution in [1.29, 1.82) is 0 Å². The molecular weight excluding hydrogens is 338 g/mol. The summed E-state index contributed by atoms with van der Waals surface area (Å²) in [6, 6.07) is 7.28. The Morgan fingerprint density at radius 2 is 1.81 bits per heavy atom. The van der Waals surface area contributed by atoms with Crippen LogP contribution in [0.4, 0.5) is 15.3 Å². The van der Waals surface area contributed by atoms with Crippen LogP contribution in [0.1, 0.15) is 6.92 Å². The van der Waals surface area contributed by atoms with Crippen LogP contribution < -0.4 is 5.32 Å². The molecule has 0 radical (unpaired) electrons. The molecule has 1 aliphatic rings. The molecule has 0 spiro atoms. The Labute approximate surface area is 132 Å². The van der Waals surface area contributed by atoms with E-state index in [0.717, 1.165) is 10.2 Å². The maximum atomic E-state index is 12.2. The average molecular weight is 356 g/mol. The number of piperazine rings is 1. The second-order valence-corrected chi connectivity index (χ2v) is 5.44. The number of rotatable bonds is 2. The van der Waals surface area contributed by atoms with Crippen molar-refractivity contribution in [3.63, 3.8) is 0 Å². The van der Waals surface area contributed by atoms with E-state index in [2.05, 4.69) is 21.2 Å². The fourth-order valence-corrected chi connectivity index (χ4v) is 2.45. The van der Waals surface area contributed by atoms with Crippen molar-refractivity contribution in [3.8, 4) is 0 Å². The van der Waals surface area contributed by atoms with Crippen molar-refractivity contribution in [1.82, 2.24) is 9.80 Å². The molecule has 0 bridgehead atoms. The van der Waals surface area contributed by atoms with Crippen molar-refractivity contribution in [2.45, 2.75) is 6.92 Å². The quantitative estimate of drug-likeness (QED) is 0.887. The number of para-hydroxylation sites is 1. The number of ether oxygens (including phenoxy) is 1. The largest absolute Gasteiger partial charge is 0.450 e. The molecule has 6 nitrogen and oxygen atoms in total. The van der Waals surface area contributed by atoms with Crippen molar-refractivity contribution in [2.75, 3.05) is 38.1 Å². The summed E-state index contributed by atoms with van der Waals surface area (Å²) in [5.74, 6) is 0. The molecule has 1 aromatic rings. The Kier molecular flexibility index (Phi) is 5.44. The summed E-state index contributed by atoms with van der Waals surface area (Å²) in [5.41, 5.74) is 0.732. The van der Waals surface area contributed by atoms with Crippen LogP contribution in [0, 0.1) is 0 Å². The predicted molar refractivity (Wildman–Crippen MR) is 83.3 cm³/mol. The molecule has 1 saturated heterocycles. The number of hydrogen-bond donors (Lipinski definition) is 1. The van der Waals surface area contributed by atoms with Crippen molar-refractivity contribution in [2.24, 2.45) is 0 Å². The number of urea groups is 1. The Balaban J connectivity index is 1.86. The lowest BCUT2D eigenvalue weighted by molar-refractivity contribution is 0.0868. The lowest BCUT2D eigenvalue weighted by Crippen LogP contribution is -2.51. The van der Waals surface area contributed by atoms with E-state index in [-0.39, 0.29) is 12.1 Å². The molecule has 1 N–H and O–H groups in total. The predicted octanol–water partition coefficient (Wildman–Crippen LogP) is 2.76. The zero-order chi connectivity index (χ0) is 15.2. The monoisotopic (exact) mass is 355 g/mol. The van der Waals surface area contributed by atoms with Crippen LogP contribution in [0.5, 0.6) is 0 Å². The molecule has 1 aliphatic heterocycles. The van der Waals surface area contributed by atoms with Crippen LogP contribution in [0.3, 0.4) is 0 Å². The van der Waals surface area contributed by atoms with Crippen molar-refractivity contribution in [3.05, 3.63) is 28.7 Å². The van der Waals surface area contributed by atoms with Gasteiger partial charge in [-0.15, -0.1) is 0 Å². The summed E-state index contributed by atoms with van der Waals surface area (Å²) in [4.78, 5) is 27.1. The molecule has 21 heavy (non-hydrogen) atoms. The number of carbonyl (C=O) groups excluding carboxylic acids is 2. The number of hydrogen-bond acceptors (Lipinski definition) is 3. The van der Waals surface area contributed by atoms with Gasteiger partial charge in [0.05, 0.1) is 12.3 Å². The van der Waals surface area contributed by atoms with Gasteiger partial charge < -0.3 is 19.9 Å². The molecule has 114 valence electrons. The van der Waals surface area contributed by atoms with Gasteiger partial charge >= 0.3 is 12.1 Å². The topological polar surface area (TPSA) is 61.9 Å². The summed E-state index contributed by atoms with van der Waals surface area (Å²) in [5, 5.41) is 2.85. The highest BCUT2D eigenvalue weighted by atomic mass is 79.9. The summed E-state index contributed by atoms with van der Waals surface area (Å²) in [7, 11) is 0. The molecule has 1 heterocycles. The van der Waals surface area contributed by atoms with Crippen LogP contribution in [0.25, 0.3) is 0 Å². The summed E-state index contributed by atoms with van der Waals surface area (Å²) in [6.07, 6.45) is -0.316. The number of nitrogens with zero attached hydrogens (tertiary/aromatic N) is 2. The molecule has 1 fully saturated rings. The van der Waals surface area contributed by atoms with Gasteiger partial charge in [0.2, 0.25) is 0 Å². The Hall–Kier alpha value is -1.76. The maximum Gasteiger partial charge on any atom is 0.409 e. The summed E-state index contributed by atoms with van der Waals surface area (Å²) in [6.45, 7) is 4.11. The molecule has 7 heteroatoms. The van der Waals surface area contributed by atoms with E-state index >= 15 is 0 Å². The van der Waals surface area contributed by atoms with Gasteiger partial charge in [-0.1, -0.05) is 12.1 Å². The van der Waals surface area contributed by atoms with Gasteiger partial charge in [-0.3, -0.25) is 0 Å². The second-order valence-electron chi connectivity index (χ2n) is 4.58. The molecule has 1 aromatic carbocycles. The van der Waals surface area contributed by atoms with Gasteiger partial charge in [-0.05, 0) is 35.0 Å². The smallest absolute Gasteiger partial charge is 0.409 e. The van der Waals surface area contributed by atoms with E-state index in [0.29, 0.717) is 32.8 Å². The fourth-order valence-electron chi connectivity index (χ4n) is 2.06. The summed E-state index contributed by atoms with van der Waals surface area (Å²) < 4.78 is 5.79. The van der Waals surface area contributed by atoms with Crippen LogP contribution in [0.15, 0.2) is 28.7 Å². The third kappa shape index (κ3) is 4.10. The van der Waals surface area contributed by atoms with Gasteiger partial charge in [-0.25, -0.2) is 9.59 Å². The molecule has 0 aliphatic carbocycles. The highest BCUT2D eigenvalue weighted by molar-refractivity contribution is 9.10. The first-order valence-electron chi connectivity index (χ1n) is 6.84. The lowest BCUT2D eigenvalue weighted by atomic mass is 10.3. The number of halogens is 1. The first kappa shape index (κ1) is 15.6. The van der Waals surface area contributed by atoms with Gasteiger partial charge in [-0.2, -0.15) is 0 Å². The molecule has 2 rings (SSSR count). The van der Waals surface area contributed by atoms with Gasteiger partial charge in [0.15, 0.2) is 0 Å². The Morgan fingerprint density at radius 3 is 2.43 bits per heavy atom. The van der Waals surface area contributed by atoms with Crippen molar-refractivity contribution < 1.29 is 14.3 Å². The molecule has 0 atom stereocenters. The fraction of sp³-hybridized carbons (Fsp3) is 0.429. The van der Waals surface area contributed by atoms with Crippen LogP contribution in [-0.4, -0.2) is 54.7 Å². The molecule has 3 amide bonds. The third-order valence-corrected chi connectivity index (χ3v) is 3.90. The minimum Gasteiger partial charge on any atom is -0.450 e. The van der Waals surface area contributed by atoms with E-state index < -0.39 is 0 Å². The van der Waals surface area contributed by atoms with Gasteiger partial charge in [0.25, 0.3) is 0 Å². The molecule has 0 aromatic heterocycles.